The number of rotatable bonds is 5. The third-order valence-electron chi connectivity index (χ3n) is 3.04. The summed E-state index contributed by atoms with van der Waals surface area (Å²) < 4.78 is 52.9. The SMILES string of the molecule is CNC(=O)/C=C/c1ccc(S(=O)(=O)Nc2ccc(F)cc2F)cc1. The number of nitrogens with one attached hydrogen (secondary N) is 2. The Morgan fingerprint density at radius 1 is 1.08 bits per heavy atom. The summed E-state index contributed by atoms with van der Waals surface area (Å²) >= 11 is 0. The van der Waals surface area contributed by atoms with Gasteiger partial charge in [0.15, 0.2) is 0 Å². The molecule has 2 rings (SSSR count). The van der Waals surface area contributed by atoms with Gasteiger partial charge in [-0.05, 0) is 35.9 Å². The number of likely N-dealkylation sites (N-methyl/N-ethyl adjacent to an activating group) is 1. The summed E-state index contributed by atoms with van der Waals surface area (Å²) in [5.74, 6) is -2.11. The number of carbonyl (C=O) groups is 1. The van der Waals surface area contributed by atoms with Gasteiger partial charge in [0.05, 0.1) is 10.6 Å². The van der Waals surface area contributed by atoms with Gasteiger partial charge in [-0.25, -0.2) is 17.2 Å². The van der Waals surface area contributed by atoms with E-state index in [1.54, 1.807) is 0 Å². The summed E-state index contributed by atoms with van der Waals surface area (Å²) in [7, 11) is -2.53. The van der Waals surface area contributed by atoms with Crippen LogP contribution in [0.5, 0.6) is 0 Å². The Morgan fingerprint density at radius 2 is 1.75 bits per heavy atom. The number of carbonyl (C=O) groups excluding carboxylic acids is 1. The van der Waals surface area contributed by atoms with Crippen molar-refractivity contribution in [2.75, 3.05) is 11.8 Å². The smallest absolute Gasteiger partial charge is 0.261 e. The third kappa shape index (κ3) is 4.39. The lowest BCUT2D eigenvalue weighted by atomic mass is 10.2. The van der Waals surface area contributed by atoms with Crippen LogP contribution in [-0.2, 0) is 14.8 Å². The van der Waals surface area contributed by atoms with Gasteiger partial charge in [0, 0.05) is 19.2 Å². The molecule has 8 heteroatoms. The van der Waals surface area contributed by atoms with Crippen LogP contribution in [0.15, 0.2) is 53.4 Å². The van der Waals surface area contributed by atoms with Gasteiger partial charge >= 0.3 is 0 Å². The lowest BCUT2D eigenvalue weighted by molar-refractivity contribution is -0.115. The van der Waals surface area contributed by atoms with E-state index in [4.69, 9.17) is 0 Å². The third-order valence-corrected chi connectivity index (χ3v) is 4.42. The molecule has 0 aliphatic heterocycles. The first-order valence-corrected chi connectivity index (χ1v) is 8.28. The van der Waals surface area contributed by atoms with Crippen molar-refractivity contribution in [3.8, 4) is 0 Å². The zero-order valence-electron chi connectivity index (χ0n) is 12.6. The Labute approximate surface area is 138 Å². The average Bonchev–Trinajstić information content (AvgIpc) is 2.55. The molecule has 0 aliphatic carbocycles. The van der Waals surface area contributed by atoms with Crippen LogP contribution in [-0.4, -0.2) is 21.4 Å². The first-order chi connectivity index (χ1) is 11.3. The van der Waals surface area contributed by atoms with E-state index in [9.17, 15) is 22.0 Å². The summed E-state index contributed by atoms with van der Waals surface area (Å²) in [6.07, 6.45) is 2.82. The molecule has 0 fully saturated rings. The summed E-state index contributed by atoms with van der Waals surface area (Å²) in [4.78, 5) is 11.0. The van der Waals surface area contributed by atoms with Crippen molar-refractivity contribution in [3.63, 3.8) is 0 Å². The van der Waals surface area contributed by atoms with Crippen LogP contribution in [0.2, 0.25) is 0 Å². The molecule has 5 nitrogen and oxygen atoms in total. The summed E-state index contributed by atoms with van der Waals surface area (Å²) in [5.41, 5.74) is 0.269. The maximum absolute atomic E-state index is 13.6. The van der Waals surface area contributed by atoms with Gasteiger partial charge < -0.3 is 5.32 Å². The van der Waals surface area contributed by atoms with Crippen molar-refractivity contribution < 1.29 is 22.0 Å². The zero-order valence-corrected chi connectivity index (χ0v) is 13.4. The molecule has 2 N–H and O–H groups in total. The minimum absolute atomic E-state index is 0.0941. The minimum atomic E-state index is -4.02. The van der Waals surface area contributed by atoms with Crippen LogP contribution in [0.1, 0.15) is 5.56 Å². The molecular formula is C16H14F2N2O3S. The van der Waals surface area contributed by atoms with Crippen LogP contribution in [0.3, 0.4) is 0 Å². The fraction of sp³-hybridized carbons (Fsp3) is 0.0625. The molecule has 0 radical (unpaired) electrons. The maximum atomic E-state index is 13.6. The second-order valence-corrected chi connectivity index (χ2v) is 6.43. The van der Waals surface area contributed by atoms with E-state index in [0.717, 1.165) is 12.1 Å². The van der Waals surface area contributed by atoms with E-state index in [1.807, 2.05) is 0 Å². The predicted octanol–water partition coefficient (Wildman–Crippen LogP) is 2.52. The average molecular weight is 352 g/mol. The lowest BCUT2D eigenvalue weighted by Crippen LogP contribution is -2.14. The van der Waals surface area contributed by atoms with Gasteiger partial charge in [-0.3, -0.25) is 9.52 Å². The molecule has 0 bridgehead atoms. The number of sulfonamides is 1. The molecule has 2 aromatic carbocycles. The Hall–Kier alpha value is -2.74. The first-order valence-electron chi connectivity index (χ1n) is 6.79. The molecule has 0 saturated heterocycles. The molecular weight excluding hydrogens is 338 g/mol. The molecule has 0 atom stereocenters. The largest absolute Gasteiger partial charge is 0.356 e. The molecule has 0 aliphatic rings. The van der Waals surface area contributed by atoms with Gasteiger partial charge in [0.2, 0.25) is 5.91 Å². The van der Waals surface area contributed by atoms with Gasteiger partial charge in [-0.15, -0.1) is 0 Å². The van der Waals surface area contributed by atoms with Crippen molar-refractivity contribution in [1.29, 1.82) is 0 Å². The Morgan fingerprint density at radius 3 is 2.33 bits per heavy atom. The number of anilines is 1. The Kier molecular flexibility index (Phi) is 5.30. The highest BCUT2D eigenvalue weighted by Gasteiger charge is 2.16. The lowest BCUT2D eigenvalue weighted by Gasteiger charge is -2.09. The zero-order chi connectivity index (χ0) is 17.7. The van der Waals surface area contributed by atoms with Crippen LogP contribution in [0.25, 0.3) is 6.08 Å². The number of amides is 1. The topological polar surface area (TPSA) is 75.3 Å². The standard InChI is InChI=1S/C16H14F2N2O3S/c1-19-16(21)9-4-11-2-6-13(7-3-11)24(22,23)20-15-8-5-12(17)10-14(15)18/h2-10,20H,1H3,(H,19,21)/b9-4+. The van der Waals surface area contributed by atoms with E-state index in [1.165, 1.54) is 43.5 Å². The van der Waals surface area contributed by atoms with Gasteiger partial charge in [0.1, 0.15) is 11.6 Å². The number of hydrogen-bond acceptors (Lipinski definition) is 3. The van der Waals surface area contributed by atoms with E-state index < -0.39 is 21.7 Å². The van der Waals surface area contributed by atoms with Gasteiger partial charge in [-0.1, -0.05) is 12.1 Å². The maximum Gasteiger partial charge on any atom is 0.261 e. The van der Waals surface area contributed by atoms with Crippen molar-refractivity contribution in [2.24, 2.45) is 0 Å². The van der Waals surface area contributed by atoms with Gasteiger partial charge in [-0.2, -0.15) is 0 Å². The predicted molar refractivity (Wildman–Crippen MR) is 86.7 cm³/mol. The first kappa shape index (κ1) is 17.6. The van der Waals surface area contributed by atoms with Crippen molar-refractivity contribution in [2.45, 2.75) is 4.90 Å². The molecule has 24 heavy (non-hydrogen) atoms. The van der Waals surface area contributed by atoms with E-state index >= 15 is 0 Å². The Balaban J connectivity index is 2.20. The summed E-state index contributed by atoms with van der Waals surface area (Å²) in [6.45, 7) is 0. The molecule has 0 saturated carbocycles. The highest BCUT2D eigenvalue weighted by molar-refractivity contribution is 7.92. The monoisotopic (exact) mass is 352 g/mol. The quantitative estimate of drug-likeness (QED) is 0.812. The van der Waals surface area contributed by atoms with E-state index in [-0.39, 0.29) is 16.5 Å². The van der Waals surface area contributed by atoms with Crippen LogP contribution < -0.4 is 10.0 Å². The van der Waals surface area contributed by atoms with Crippen molar-refractivity contribution in [1.82, 2.24) is 5.32 Å². The second kappa shape index (κ2) is 7.22. The molecule has 0 aromatic heterocycles. The molecule has 0 unspecified atom stereocenters. The van der Waals surface area contributed by atoms with Crippen LogP contribution in [0, 0.1) is 11.6 Å². The highest BCUT2D eigenvalue weighted by atomic mass is 32.2. The normalized spacial score (nSPS) is 11.5. The van der Waals surface area contributed by atoms with E-state index in [2.05, 4.69) is 10.0 Å². The fourth-order valence-corrected chi connectivity index (χ4v) is 2.86. The highest BCUT2D eigenvalue weighted by Crippen LogP contribution is 2.20. The second-order valence-electron chi connectivity index (χ2n) is 4.75. The molecule has 0 spiro atoms. The number of benzene rings is 2. The van der Waals surface area contributed by atoms with Crippen molar-refractivity contribution >= 4 is 27.7 Å². The fourth-order valence-electron chi connectivity index (χ4n) is 1.79. The molecule has 126 valence electrons. The number of halogens is 2. The minimum Gasteiger partial charge on any atom is -0.356 e. The van der Waals surface area contributed by atoms with Gasteiger partial charge in [0.25, 0.3) is 10.0 Å². The molecule has 1 amide bonds. The molecule has 0 heterocycles. The summed E-state index contributed by atoms with van der Waals surface area (Å²) in [5, 5.41) is 2.41. The summed E-state index contributed by atoms with van der Waals surface area (Å²) in [6, 6.07) is 8.16. The Bertz CT molecular complexity index is 879. The molecule has 2 aromatic rings. The number of hydrogen-bond donors (Lipinski definition) is 2. The van der Waals surface area contributed by atoms with Crippen LogP contribution >= 0.6 is 0 Å². The van der Waals surface area contributed by atoms with E-state index in [0.29, 0.717) is 11.6 Å². The van der Waals surface area contributed by atoms with Crippen molar-refractivity contribution in [3.05, 3.63) is 65.7 Å². The van der Waals surface area contributed by atoms with Crippen LogP contribution in [0.4, 0.5) is 14.5 Å².